The molecule has 0 N–H and O–H groups in total. The van der Waals surface area contributed by atoms with E-state index in [0.29, 0.717) is 22.1 Å². The lowest BCUT2D eigenvalue weighted by Gasteiger charge is -2.15. The van der Waals surface area contributed by atoms with Crippen molar-refractivity contribution in [3.05, 3.63) is 99.6 Å². The maximum atomic E-state index is 13.5. The van der Waals surface area contributed by atoms with Crippen molar-refractivity contribution >= 4 is 28.4 Å². The van der Waals surface area contributed by atoms with Gasteiger partial charge >= 0.3 is 0 Å². The van der Waals surface area contributed by atoms with Crippen molar-refractivity contribution in [1.82, 2.24) is 19.2 Å². The van der Waals surface area contributed by atoms with Gasteiger partial charge < -0.3 is 0 Å². The number of benzene rings is 3. The predicted octanol–water partition coefficient (Wildman–Crippen LogP) is 5.08. The van der Waals surface area contributed by atoms with Crippen LogP contribution in [0.4, 0.5) is 4.39 Å². The molecule has 31 heavy (non-hydrogen) atoms. The molecule has 0 aliphatic carbocycles. The molecule has 0 atom stereocenters. The highest BCUT2D eigenvalue weighted by Crippen LogP contribution is 2.27. The van der Waals surface area contributed by atoms with Gasteiger partial charge in [-0.1, -0.05) is 54.2 Å². The van der Waals surface area contributed by atoms with Crippen LogP contribution in [0.2, 0.25) is 0 Å². The topological polar surface area (TPSA) is 52.2 Å². The number of fused-ring (bicyclic) bond motifs is 3. The molecular weight excluding hydrogens is 411 g/mol. The molecule has 5 rings (SSSR count). The number of aromatic nitrogens is 4. The van der Waals surface area contributed by atoms with E-state index in [4.69, 9.17) is 0 Å². The minimum atomic E-state index is -0.259. The predicted molar refractivity (Wildman–Crippen MR) is 122 cm³/mol. The normalized spacial score (nSPS) is 11.5. The Morgan fingerprint density at radius 1 is 0.903 bits per heavy atom. The zero-order valence-corrected chi connectivity index (χ0v) is 17.9. The van der Waals surface area contributed by atoms with Crippen molar-refractivity contribution in [1.29, 1.82) is 0 Å². The number of nitrogens with zero attached hydrogens (tertiary/aromatic N) is 4. The minimum absolute atomic E-state index is 0.122. The lowest BCUT2D eigenvalue weighted by molar-refractivity contribution is 0.627. The molecule has 2 heterocycles. The van der Waals surface area contributed by atoms with Crippen LogP contribution >= 0.6 is 11.8 Å². The molecule has 7 heteroatoms. The molecule has 0 aliphatic heterocycles. The summed E-state index contributed by atoms with van der Waals surface area (Å²) in [5.41, 5.74) is 4.42. The first-order valence-corrected chi connectivity index (χ1v) is 10.9. The lowest BCUT2D eigenvalue weighted by Crippen LogP contribution is -2.23. The first-order chi connectivity index (χ1) is 15.0. The highest BCUT2D eigenvalue weighted by atomic mass is 32.2. The smallest absolute Gasteiger partial charge is 0.267 e. The number of halogens is 1. The Kier molecular flexibility index (Phi) is 4.82. The lowest BCUT2D eigenvalue weighted by atomic mass is 10.1. The van der Waals surface area contributed by atoms with Crippen LogP contribution in [0.15, 0.2) is 76.7 Å². The van der Waals surface area contributed by atoms with Gasteiger partial charge in [-0.15, -0.1) is 10.2 Å². The number of thioether (sulfide) groups is 1. The van der Waals surface area contributed by atoms with E-state index in [9.17, 15) is 9.18 Å². The fraction of sp³-hybridized carbons (Fsp3) is 0.125. The van der Waals surface area contributed by atoms with Crippen LogP contribution in [0.25, 0.3) is 22.4 Å². The van der Waals surface area contributed by atoms with E-state index in [1.54, 1.807) is 16.7 Å². The van der Waals surface area contributed by atoms with Crippen molar-refractivity contribution in [3.8, 4) is 5.69 Å². The summed E-state index contributed by atoms with van der Waals surface area (Å²) in [6, 6.07) is 19.9. The second kappa shape index (κ2) is 7.67. The molecule has 0 amide bonds. The van der Waals surface area contributed by atoms with Crippen molar-refractivity contribution in [2.24, 2.45) is 0 Å². The van der Waals surface area contributed by atoms with Gasteiger partial charge in [-0.25, -0.2) is 8.96 Å². The van der Waals surface area contributed by atoms with E-state index in [1.165, 1.54) is 23.9 Å². The first kappa shape index (κ1) is 19.5. The zero-order chi connectivity index (χ0) is 21.5. The van der Waals surface area contributed by atoms with Crippen LogP contribution in [-0.4, -0.2) is 19.2 Å². The van der Waals surface area contributed by atoms with Crippen LogP contribution in [-0.2, 0) is 5.75 Å². The second-order valence-corrected chi connectivity index (χ2v) is 8.37. The second-order valence-electron chi connectivity index (χ2n) is 7.43. The average Bonchev–Trinajstić information content (AvgIpc) is 3.19. The molecule has 0 radical (unpaired) electrons. The third-order valence-electron chi connectivity index (χ3n) is 5.34. The quantitative estimate of drug-likeness (QED) is 0.373. The van der Waals surface area contributed by atoms with Gasteiger partial charge in [0.1, 0.15) is 5.82 Å². The summed E-state index contributed by atoms with van der Waals surface area (Å²) in [5, 5.41) is 10.1. The van der Waals surface area contributed by atoms with E-state index in [1.807, 2.05) is 60.7 Å². The molecule has 154 valence electrons. The van der Waals surface area contributed by atoms with Gasteiger partial charge in [0.2, 0.25) is 5.78 Å². The van der Waals surface area contributed by atoms with Crippen LogP contribution in [0.5, 0.6) is 0 Å². The highest BCUT2D eigenvalue weighted by Gasteiger charge is 2.19. The number of hydrogen-bond acceptors (Lipinski definition) is 4. The van der Waals surface area contributed by atoms with E-state index in [2.05, 4.69) is 10.2 Å². The molecule has 3 aromatic carbocycles. The van der Waals surface area contributed by atoms with E-state index >= 15 is 0 Å². The Labute approximate surface area is 182 Å². The van der Waals surface area contributed by atoms with Crippen LogP contribution in [0, 0.1) is 19.7 Å². The number of rotatable bonds is 4. The van der Waals surface area contributed by atoms with Crippen molar-refractivity contribution in [3.63, 3.8) is 0 Å². The average molecular weight is 431 g/mol. The molecular formula is C24H19FN4OS. The molecule has 0 bridgehead atoms. The van der Waals surface area contributed by atoms with Gasteiger partial charge in [0.25, 0.3) is 5.56 Å². The SMILES string of the molecule is Cc1cccc(C)c1-n1c(=O)c2ccccc2n2c(SCc3ccc(F)cc3)nnc12. The third kappa shape index (κ3) is 3.31. The Hall–Kier alpha value is -3.45. The summed E-state index contributed by atoms with van der Waals surface area (Å²) >= 11 is 1.50. The van der Waals surface area contributed by atoms with Gasteiger partial charge in [0.05, 0.1) is 16.6 Å². The molecule has 0 saturated carbocycles. The summed E-state index contributed by atoms with van der Waals surface area (Å²) < 4.78 is 16.8. The molecule has 0 unspecified atom stereocenters. The summed E-state index contributed by atoms with van der Waals surface area (Å²) in [7, 11) is 0. The van der Waals surface area contributed by atoms with Gasteiger partial charge in [-0.05, 0) is 54.8 Å². The Bertz CT molecular complexity index is 1470. The van der Waals surface area contributed by atoms with E-state index in [-0.39, 0.29) is 11.4 Å². The van der Waals surface area contributed by atoms with Gasteiger partial charge in [-0.2, -0.15) is 0 Å². The minimum Gasteiger partial charge on any atom is -0.268 e. The fourth-order valence-corrected chi connectivity index (χ4v) is 4.76. The monoisotopic (exact) mass is 430 g/mol. The number of para-hydroxylation sites is 2. The van der Waals surface area contributed by atoms with Gasteiger partial charge in [0.15, 0.2) is 5.16 Å². The van der Waals surface area contributed by atoms with Gasteiger partial charge in [-0.3, -0.25) is 9.20 Å². The van der Waals surface area contributed by atoms with E-state index in [0.717, 1.165) is 27.9 Å². The molecule has 2 aromatic heterocycles. The molecule has 0 aliphatic rings. The van der Waals surface area contributed by atoms with E-state index < -0.39 is 0 Å². The van der Waals surface area contributed by atoms with Crippen LogP contribution in [0.1, 0.15) is 16.7 Å². The number of aryl methyl sites for hydroxylation is 2. The highest BCUT2D eigenvalue weighted by molar-refractivity contribution is 7.98. The standard InChI is InChI=1S/C24H19FN4OS/c1-15-6-5-7-16(2)21(15)29-22(30)19-8-3-4-9-20(19)28-23(29)26-27-24(28)31-14-17-10-12-18(25)13-11-17/h3-13H,14H2,1-2H3. The number of hydrogen-bond donors (Lipinski definition) is 0. The van der Waals surface area contributed by atoms with Crippen LogP contribution < -0.4 is 5.56 Å². The Morgan fingerprint density at radius 3 is 2.35 bits per heavy atom. The zero-order valence-electron chi connectivity index (χ0n) is 17.0. The van der Waals surface area contributed by atoms with Crippen LogP contribution in [0.3, 0.4) is 0 Å². The van der Waals surface area contributed by atoms with Crippen molar-refractivity contribution in [2.45, 2.75) is 24.8 Å². The molecule has 5 nitrogen and oxygen atoms in total. The Morgan fingerprint density at radius 2 is 1.61 bits per heavy atom. The van der Waals surface area contributed by atoms with Gasteiger partial charge in [0, 0.05) is 5.75 Å². The molecule has 0 fully saturated rings. The van der Waals surface area contributed by atoms with Crippen molar-refractivity contribution in [2.75, 3.05) is 0 Å². The van der Waals surface area contributed by atoms with Crippen molar-refractivity contribution < 1.29 is 4.39 Å². The fourth-order valence-electron chi connectivity index (χ4n) is 3.86. The Balaban J connectivity index is 1.74. The molecule has 0 spiro atoms. The maximum Gasteiger partial charge on any atom is 0.267 e. The molecule has 5 aromatic rings. The summed E-state index contributed by atoms with van der Waals surface area (Å²) in [5.74, 6) is 0.825. The summed E-state index contributed by atoms with van der Waals surface area (Å²) in [4.78, 5) is 13.5. The molecule has 0 saturated heterocycles. The third-order valence-corrected chi connectivity index (χ3v) is 6.34. The first-order valence-electron chi connectivity index (χ1n) is 9.87. The summed E-state index contributed by atoms with van der Waals surface area (Å²) in [6.07, 6.45) is 0. The maximum absolute atomic E-state index is 13.5. The largest absolute Gasteiger partial charge is 0.268 e. The summed E-state index contributed by atoms with van der Waals surface area (Å²) in [6.45, 7) is 3.97.